The van der Waals surface area contributed by atoms with Gasteiger partial charge in [-0.3, -0.25) is 4.57 Å². The van der Waals surface area contributed by atoms with Gasteiger partial charge in [0.05, 0.1) is 17.3 Å². The number of hydrogen-bond acceptors (Lipinski definition) is 5. The second kappa shape index (κ2) is 12.3. The van der Waals surface area contributed by atoms with Gasteiger partial charge in [0.25, 0.3) is 0 Å². The van der Waals surface area contributed by atoms with E-state index in [4.69, 9.17) is 15.0 Å². The zero-order valence-corrected chi connectivity index (χ0v) is 29.3. The molecule has 0 radical (unpaired) electrons. The van der Waals surface area contributed by atoms with Crippen LogP contribution in [0.1, 0.15) is 51.6 Å². The highest BCUT2D eigenvalue weighted by Crippen LogP contribution is 2.57. The molecule has 0 saturated carbocycles. The Morgan fingerprint density at radius 3 is 2.13 bits per heavy atom. The first kappa shape index (κ1) is 30.6. The third-order valence-electron chi connectivity index (χ3n) is 11.0. The second-order valence-electron chi connectivity index (χ2n) is 14.1. The Hall–Kier alpha value is -7.05. The van der Waals surface area contributed by atoms with Gasteiger partial charge in [0.2, 0.25) is 0 Å². The summed E-state index contributed by atoms with van der Waals surface area (Å²) in [6.45, 7) is 0. The molecule has 2 aliphatic heterocycles. The van der Waals surface area contributed by atoms with Gasteiger partial charge in [-0.2, -0.15) is 0 Å². The predicted octanol–water partition coefficient (Wildman–Crippen LogP) is 10.7. The molecule has 1 N–H and O–H groups in total. The third-order valence-corrected chi connectivity index (χ3v) is 11.0. The molecule has 0 spiro atoms. The van der Waals surface area contributed by atoms with Crippen LogP contribution < -0.4 is 10.2 Å². The molecule has 0 saturated heterocycles. The van der Waals surface area contributed by atoms with Crippen LogP contribution in [0.3, 0.4) is 0 Å². The van der Waals surface area contributed by atoms with Crippen LogP contribution in [0, 0.1) is 0 Å². The van der Waals surface area contributed by atoms with Crippen molar-refractivity contribution in [3.8, 4) is 5.82 Å². The number of fused-ring (bicyclic) bond motifs is 8. The molecule has 3 atom stereocenters. The van der Waals surface area contributed by atoms with Gasteiger partial charge in [-0.1, -0.05) is 133 Å². The first-order valence-corrected chi connectivity index (χ1v) is 18.5. The van der Waals surface area contributed by atoms with Crippen LogP contribution >= 0.6 is 0 Å². The van der Waals surface area contributed by atoms with Crippen molar-refractivity contribution in [1.29, 1.82) is 0 Å². The Morgan fingerprint density at radius 1 is 0.593 bits per heavy atom. The van der Waals surface area contributed by atoms with E-state index in [2.05, 4.69) is 173 Å². The normalized spacial score (nSPS) is 18.4. The zero-order chi connectivity index (χ0) is 35.6. The maximum Gasteiger partial charge on any atom is 0.169 e. The van der Waals surface area contributed by atoms with Crippen LogP contribution in [-0.2, 0) is 0 Å². The summed E-state index contributed by atoms with van der Waals surface area (Å²) in [4.78, 5) is 18.0. The minimum absolute atomic E-state index is 0.0513. The van der Waals surface area contributed by atoms with Crippen molar-refractivity contribution in [2.75, 3.05) is 4.90 Å². The number of nitrogens with zero attached hydrogens (tertiary/aromatic N) is 5. The lowest BCUT2D eigenvalue weighted by atomic mass is 9.86. The summed E-state index contributed by atoms with van der Waals surface area (Å²) in [5, 5.41) is 7.17. The van der Waals surface area contributed by atoms with Crippen LogP contribution in [0.2, 0.25) is 0 Å². The van der Waals surface area contributed by atoms with Gasteiger partial charge in [-0.15, -0.1) is 0 Å². The van der Waals surface area contributed by atoms with Crippen LogP contribution in [0.5, 0.6) is 0 Å². The first-order valence-electron chi connectivity index (χ1n) is 18.5. The van der Waals surface area contributed by atoms with Crippen molar-refractivity contribution in [1.82, 2.24) is 14.9 Å². The number of amidine groups is 2. The highest BCUT2D eigenvalue weighted by molar-refractivity contribution is 6.16. The van der Waals surface area contributed by atoms with E-state index in [0.29, 0.717) is 0 Å². The van der Waals surface area contributed by atoms with Gasteiger partial charge in [0, 0.05) is 45.6 Å². The summed E-state index contributed by atoms with van der Waals surface area (Å²) < 4.78 is 2.38. The van der Waals surface area contributed by atoms with Gasteiger partial charge in [-0.25, -0.2) is 15.0 Å². The monoisotopic (exact) mass is 694 g/mol. The summed E-state index contributed by atoms with van der Waals surface area (Å²) in [5.74, 6) is 2.59. The average molecular weight is 695 g/mol. The number of anilines is 2. The highest BCUT2D eigenvalue weighted by Gasteiger charge is 2.44. The smallest absolute Gasteiger partial charge is 0.169 e. The first-order chi connectivity index (χ1) is 26.8. The Labute approximate surface area is 313 Å². The Morgan fingerprint density at radius 2 is 1.30 bits per heavy atom. The minimum atomic E-state index is -0.388. The maximum atomic E-state index is 5.21. The van der Waals surface area contributed by atoms with Crippen LogP contribution in [-0.4, -0.2) is 21.2 Å². The average Bonchev–Trinajstić information content (AvgIpc) is 3.77. The number of aliphatic imine (C=N–C) groups is 2. The van der Waals surface area contributed by atoms with Crippen molar-refractivity contribution in [3.63, 3.8) is 0 Å². The number of aromatic nitrogens is 2. The van der Waals surface area contributed by atoms with E-state index in [1.54, 1.807) is 0 Å². The van der Waals surface area contributed by atoms with E-state index in [1.165, 1.54) is 44.4 Å². The molecule has 6 heteroatoms. The van der Waals surface area contributed by atoms with E-state index in [0.717, 1.165) is 39.7 Å². The topological polar surface area (TPSA) is 57.8 Å². The molecule has 0 fully saturated rings. The molecule has 6 nitrogen and oxygen atoms in total. The molecule has 0 amide bonds. The fourth-order valence-electron chi connectivity index (χ4n) is 8.57. The van der Waals surface area contributed by atoms with E-state index < -0.39 is 0 Å². The Balaban J connectivity index is 1.02. The fraction of sp³-hybridized carbons (Fsp3) is 0.0625. The molecule has 8 aromatic rings. The summed E-state index contributed by atoms with van der Waals surface area (Å²) >= 11 is 0. The summed E-state index contributed by atoms with van der Waals surface area (Å²) in [6.07, 6.45) is 6.28. The molecule has 2 aromatic heterocycles. The Kier molecular flexibility index (Phi) is 6.95. The van der Waals surface area contributed by atoms with E-state index in [1.807, 2.05) is 24.4 Å². The van der Waals surface area contributed by atoms with E-state index in [9.17, 15) is 0 Å². The van der Waals surface area contributed by atoms with Crippen molar-refractivity contribution < 1.29 is 0 Å². The van der Waals surface area contributed by atoms with Gasteiger partial charge in [-0.05, 0) is 64.4 Å². The van der Waals surface area contributed by atoms with Crippen LogP contribution in [0.4, 0.5) is 11.4 Å². The molecule has 11 rings (SSSR count). The predicted molar refractivity (Wildman–Crippen MR) is 220 cm³/mol. The van der Waals surface area contributed by atoms with Crippen molar-refractivity contribution in [2.24, 2.45) is 9.98 Å². The van der Waals surface area contributed by atoms with Crippen LogP contribution in [0.15, 0.2) is 186 Å². The number of rotatable bonds is 5. The van der Waals surface area contributed by atoms with E-state index >= 15 is 0 Å². The zero-order valence-electron chi connectivity index (χ0n) is 29.3. The lowest BCUT2D eigenvalue weighted by Crippen LogP contribution is -2.36. The molecule has 54 heavy (non-hydrogen) atoms. The van der Waals surface area contributed by atoms with Crippen molar-refractivity contribution in [3.05, 3.63) is 210 Å². The fourth-order valence-corrected chi connectivity index (χ4v) is 8.57. The number of nitrogens with one attached hydrogen (secondary N) is 1. The molecule has 1 aliphatic carbocycles. The molecular formula is C48H34N6. The summed E-state index contributed by atoms with van der Waals surface area (Å²) in [5.41, 5.74) is 10.3. The van der Waals surface area contributed by atoms with Crippen LogP contribution in [0.25, 0.3) is 33.6 Å². The number of hydrogen-bond donors (Lipinski definition) is 1. The molecule has 4 heterocycles. The molecule has 3 aliphatic rings. The largest absolute Gasteiger partial charge is 0.331 e. The lowest BCUT2D eigenvalue weighted by molar-refractivity contribution is 0.634. The molecular weight excluding hydrogens is 661 g/mol. The molecule has 3 unspecified atom stereocenters. The lowest BCUT2D eigenvalue weighted by Gasteiger charge is -2.33. The van der Waals surface area contributed by atoms with Crippen molar-refractivity contribution in [2.45, 2.75) is 18.1 Å². The number of para-hydroxylation sites is 3. The summed E-state index contributed by atoms with van der Waals surface area (Å²) in [6, 6.07) is 57.8. The molecule has 6 aromatic carbocycles. The van der Waals surface area contributed by atoms with Gasteiger partial charge in [0.1, 0.15) is 17.5 Å². The van der Waals surface area contributed by atoms with E-state index in [-0.39, 0.29) is 18.1 Å². The van der Waals surface area contributed by atoms with Crippen molar-refractivity contribution >= 4 is 50.8 Å². The Bertz CT molecular complexity index is 2820. The number of benzene rings is 6. The van der Waals surface area contributed by atoms with Gasteiger partial charge < -0.3 is 10.2 Å². The quantitative estimate of drug-likeness (QED) is 0.195. The highest BCUT2D eigenvalue weighted by atomic mass is 15.2. The minimum Gasteiger partial charge on any atom is -0.331 e. The summed E-state index contributed by atoms with van der Waals surface area (Å²) in [7, 11) is 0. The standard InChI is InChI=1S/C48H34N6/c1-3-14-32(15-4-1)46-50-47(34-24-23-31-13-7-8-16-33(31)29-34)52-48(51-46)35-25-28-43(49-30-35)54-42-22-12-10-20-38(42)40-27-26-39-37-19-9-11-21-41(37)53(44(39)45(40)54)36-17-5-2-6-18-36/h1-30,39,44,46H,(H,50,51,52). The number of pyridine rings is 1. The second-order valence-corrected chi connectivity index (χ2v) is 14.1. The SMILES string of the molecule is C1=CC2c3ccccc3N(c3ccccc3)C2c2c1c1ccccc1n2-c1ccc(C2=NC(c3ccccc3)N=C(c3ccc4ccccc4c3)N2)cn1. The van der Waals surface area contributed by atoms with Gasteiger partial charge in [0.15, 0.2) is 6.17 Å². The van der Waals surface area contributed by atoms with Gasteiger partial charge >= 0.3 is 0 Å². The molecule has 256 valence electrons. The maximum absolute atomic E-state index is 5.21. The third kappa shape index (κ3) is 4.84. The molecule has 0 bridgehead atoms.